The molecule has 0 saturated carbocycles. The van der Waals surface area contributed by atoms with Gasteiger partial charge in [-0.1, -0.05) is 0 Å². The first-order valence-electron chi connectivity index (χ1n) is 10.3. The molecule has 30 heavy (non-hydrogen) atoms. The Kier molecular flexibility index (Phi) is 4.54. The van der Waals surface area contributed by atoms with Crippen molar-refractivity contribution in [3.05, 3.63) is 37.2 Å². The number of rotatable bonds is 4. The summed E-state index contributed by atoms with van der Waals surface area (Å²) in [6.45, 7) is 9.01. The van der Waals surface area contributed by atoms with Gasteiger partial charge in [0.1, 0.15) is 17.3 Å². The normalized spacial score (nSPS) is 16.4. The van der Waals surface area contributed by atoms with E-state index in [1.54, 1.807) is 18.7 Å². The van der Waals surface area contributed by atoms with Gasteiger partial charge in [0.05, 0.1) is 35.9 Å². The van der Waals surface area contributed by atoms with Crippen LogP contribution in [-0.2, 0) is 0 Å². The zero-order valence-electron chi connectivity index (χ0n) is 17.5. The summed E-state index contributed by atoms with van der Waals surface area (Å²) in [5, 5.41) is 15.1. The van der Waals surface area contributed by atoms with Gasteiger partial charge in [-0.25, -0.2) is 9.97 Å². The Bertz CT molecular complexity index is 1130. The number of nitrogens with one attached hydrogen (secondary N) is 2. The number of piperidine rings is 1. The molecular formula is C21H26N8O. The Morgan fingerprint density at radius 3 is 2.73 bits per heavy atom. The maximum absolute atomic E-state index is 5.18. The van der Waals surface area contributed by atoms with Crippen LogP contribution in [0.15, 0.2) is 41.6 Å². The SMILES string of the molecule is CC(C)(C)N1CCC(n2cc(Nc3nc(-c4ccoc4)nc4cn[nH]c34)cn2)CC1. The van der Waals surface area contributed by atoms with E-state index in [-0.39, 0.29) is 5.54 Å². The Morgan fingerprint density at radius 1 is 1.17 bits per heavy atom. The molecule has 0 spiro atoms. The molecule has 9 heteroatoms. The maximum Gasteiger partial charge on any atom is 0.165 e. The zero-order chi connectivity index (χ0) is 20.7. The molecule has 4 aromatic heterocycles. The van der Waals surface area contributed by atoms with Crippen molar-refractivity contribution in [2.24, 2.45) is 0 Å². The number of H-pyrrole nitrogens is 1. The monoisotopic (exact) mass is 406 g/mol. The molecule has 4 aromatic rings. The fraction of sp³-hybridized carbons (Fsp3) is 0.429. The Labute approximate surface area is 174 Å². The summed E-state index contributed by atoms with van der Waals surface area (Å²) in [7, 11) is 0. The third-order valence-electron chi connectivity index (χ3n) is 5.73. The molecule has 0 radical (unpaired) electrons. The van der Waals surface area contributed by atoms with Crippen molar-refractivity contribution in [1.82, 2.24) is 34.8 Å². The number of furan rings is 1. The van der Waals surface area contributed by atoms with Crippen LogP contribution in [0.3, 0.4) is 0 Å². The molecule has 1 saturated heterocycles. The summed E-state index contributed by atoms with van der Waals surface area (Å²) >= 11 is 0. The summed E-state index contributed by atoms with van der Waals surface area (Å²) in [6, 6.07) is 2.26. The van der Waals surface area contributed by atoms with Gasteiger partial charge < -0.3 is 9.73 Å². The molecule has 0 aromatic carbocycles. The minimum absolute atomic E-state index is 0.219. The van der Waals surface area contributed by atoms with Crippen LogP contribution in [0.2, 0.25) is 0 Å². The number of hydrogen-bond acceptors (Lipinski definition) is 7. The van der Waals surface area contributed by atoms with Gasteiger partial charge in [-0.2, -0.15) is 10.2 Å². The zero-order valence-corrected chi connectivity index (χ0v) is 17.5. The van der Waals surface area contributed by atoms with E-state index in [1.807, 2.05) is 12.3 Å². The Hall–Kier alpha value is -3.20. The number of nitrogens with zero attached hydrogens (tertiary/aromatic N) is 6. The van der Waals surface area contributed by atoms with E-state index >= 15 is 0 Å². The highest BCUT2D eigenvalue weighted by Gasteiger charge is 2.28. The van der Waals surface area contributed by atoms with Crippen LogP contribution < -0.4 is 5.32 Å². The first-order chi connectivity index (χ1) is 14.5. The van der Waals surface area contributed by atoms with Crippen LogP contribution >= 0.6 is 0 Å². The fourth-order valence-corrected chi connectivity index (χ4v) is 3.99. The summed E-state index contributed by atoms with van der Waals surface area (Å²) < 4.78 is 7.25. The predicted octanol–water partition coefficient (Wildman–Crippen LogP) is 3.99. The third-order valence-corrected chi connectivity index (χ3v) is 5.73. The van der Waals surface area contributed by atoms with Crippen LogP contribution in [-0.4, -0.2) is 53.5 Å². The topological polar surface area (TPSA) is 101 Å². The van der Waals surface area contributed by atoms with Crippen molar-refractivity contribution >= 4 is 22.5 Å². The van der Waals surface area contributed by atoms with Gasteiger partial charge in [-0.05, 0) is 39.7 Å². The first kappa shape index (κ1) is 18.8. The van der Waals surface area contributed by atoms with E-state index in [2.05, 4.69) is 67.1 Å². The second-order valence-corrected chi connectivity index (χ2v) is 8.76. The molecular weight excluding hydrogens is 380 g/mol. The smallest absolute Gasteiger partial charge is 0.165 e. The average Bonchev–Trinajstić information content (AvgIpc) is 3.48. The highest BCUT2D eigenvalue weighted by atomic mass is 16.3. The summed E-state index contributed by atoms with van der Waals surface area (Å²) in [6.07, 6.45) is 11.0. The van der Waals surface area contributed by atoms with Gasteiger partial charge in [0, 0.05) is 24.8 Å². The Balaban J connectivity index is 1.36. The van der Waals surface area contributed by atoms with Crippen molar-refractivity contribution in [3.8, 4) is 11.4 Å². The Morgan fingerprint density at radius 2 is 2.00 bits per heavy atom. The van der Waals surface area contributed by atoms with Crippen LogP contribution in [0.4, 0.5) is 11.5 Å². The standard InChI is InChI=1S/C21H26N8O/c1-21(2,3)28-7-4-16(5-8-28)29-12-15(10-23-29)24-20-18-17(11-22-27-18)25-19(26-20)14-6-9-30-13-14/h6,9-13,16H,4-5,7-8H2,1-3H3,(H,22,27)(H,24,25,26). The molecule has 9 nitrogen and oxygen atoms in total. The number of aromatic amines is 1. The first-order valence-corrected chi connectivity index (χ1v) is 10.3. The molecule has 0 atom stereocenters. The largest absolute Gasteiger partial charge is 0.472 e. The molecule has 5 heterocycles. The molecule has 1 aliphatic rings. The van der Waals surface area contributed by atoms with E-state index < -0.39 is 0 Å². The number of hydrogen-bond donors (Lipinski definition) is 2. The molecule has 2 N–H and O–H groups in total. The minimum Gasteiger partial charge on any atom is -0.472 e. The average molecular weight is 406 g/mol. The summed E-state index contributed by atoms with van der Waals surface area (Å²) in [5.41, 5.74) is 3.43. The third kappa shape index (κ3) is 3.56. The van der Waals surface area contributed by atoms with Gasteiger partial charge in [0.2, 0.25) is 0 Å². The predicted molar refractivity (Wildman–Crippen MR) is 114 cm³/mol. The van der Waals surface area contributed by atoms with Crippen LogP contribution in [0, 0.1) is 0 Å². The lowest BCUT2D eigenvalue weighted by Crippen LogP contribution is -2.46. The highest BCUT2D eigenvalue weighted by molar-refractivity contribution is 5.88. The van der Waals surface area contributed by atoms with Crippen molar-refractivity contribution in [3.63, 3.8) is 0 Å². The molecule has 5 rings (SSSR count). The number of likely N-dealkylation sites (tertiary alicyclic amines) is 1. The molecule has 0 aliphatic carbocycles. The van der Waals surface area contributed by atoms with Crippen molar-refractivity contribution < 1.29 is 4.42 Å². The van der Waals surface area contributed by atoms with Gasteiger partial charge in [-0.15, -0.1) is 0 Å². The van der Waals surface area contributed by atoms with Crippen molar-refractivity contribution in [1.29, 1.82) is 0 Å². The molecule has 156 valence electrons. The number of aromatic nitrogens is 6. The van der Waals surface area contributed by atoms with Gasteiger partial charge in [0.15, 0.2) is 11.6 Å². The molecule has 0 amide bonds. The minimum atomic E-state index is 0.219. The number of fused-ring (bicyclic) bond motifs is 1. The van der Waals surface area contributed by atoms with E-state index in [0.29, 0.717) is 17.7 Å². The van der Waals surface area contributed by atoms with Crippen LogP contribution in [0.25, 0.3) is 22.4 Å². The molecule has 1 aliphatic heterocycles. The number of anilines is 2. The lowest BCUT2D eigenvalue weighted by Gasteiger charge is -2.40. The second-order valence-electron chi connectivity index (χ2n) is 8.76. The highest BCUT2D eigenvalue weighted by Crippen LogP contribution is 2.29. The molecule has 0 unspecified atom stereocenters. The second kappa shape index (κ2) is 7.24. The van der Waals surface area contributed by atoms with Gasteiger partial charge >= 0.3 is 0 Å². The van der Waals surface area contributed by atoms with E-state index in [0.717, 1.165) is 48.2 Å². The van der Waals surface area contributed by atoms with Crippen LogP contribution in [0.5, 0.6) is 0 Å². The summed E-state index contributed by atoms with van der Waals surface area (Å²) in [5.74, 6) is 1.25. The van der Waals surface area contributed by atoms with E-state index in [4.69, 9.17) is 4.42 Å². The van der Waals surface area contributed by atoms with E-state index in [1.165, 1.54) is 0 Å². The quantitative estimate of drug-likeness (QED) is 0.528. The van der Waals surface area contributed by atoms with E-state index in [9.17, 15) is 0 Å². The summed E-state index contributed by atoms with van der Waals surface area (Å²) in [4.78, 5) is 11.8. The maximum atomic E-state index is 5.18. The fourth-order valence-electron chi connectivity index (χ4n) is 3.99. The lowest BCUT2D eigenvalue weighted by atomic mass is 9.98. The lowest BCUT2D eigenvalue weighted by molar-refractivity contribution is 0.0870. The molecule has 0 bridgehead atoms. The van der Waals surface area contributed by atoms with Gasteiger partial charge in [0.25, 0.3) is 0 Å². The van der Waals surface area contributed by atoms with Crippen molar-refractivity contribution in [2.45, 2.75) is 45.2 Å². The van der Waals surface area contributed by atoms with Gasteiger partial charge in [-0.3, -0.25) is 14.7 Å². The van der Waals surface area contributed by atoms with Crippen LogP contribution in [0.1, 0.15) is 39.7 Å². The van der Waals surface area contributed by atoms with Crippen molar-refractivity contribution in [2.75, 3.05) is 18.4 Å². The molecule has 1 fully saturated rings.